The lowest BCUT2D eigenvalue weighted by molar-refractivity contribution is 0.251. The molecule has 0 saturated heterocycles. The Morgan fingerprint density at radius 2 is 1.92 bits per heavy atom. The van der Waals surface area contributed by atoms with Crippen LogP contribution in [0.3, 0.4) is 0 Å². The Kier molecular flexibility index (Phi) is 8.09. The minimum Gasteiger partial charge on any atom is -0.494 e. The fraction of sp³-hybridized carbons (Fsp3) is 0.556. The van der Waals surface area contributed by atoms with Crippen LogP contribution in [0.5, 0.6) is 5.75 Å². The average Bonchev–Trinajstić information content (AvgIpc) is 2.58. The van der Waals surface area contributed by atoms with E-state index >= 15 is 0 Å². The minimum absolute atomic E-state index is 0.0192. The molecule has 6 nitrogen and oxygen atoms in total. The van der Waals surface area contributed by atoms with E-state index in [-0.39, 0.29) is 12.0 Å². The van der Waals surface area contributed by atoms with E-state index in [0.29, 0.717) is 13.2 Å². The Labute approximate surface area is 145 Å². The molecular formula is C18H30N4O2. The molecule has 3 N–H and O–H groups in total. The molecule has 0 spiro atoms. The van der Waals surface area contributed by atoms with Crippen LogP contribution in [0.2, 0.25) is 0 Å². The van der Waals surface area contributed by atoms with Gasteiger partial charge in [0.15, 0.2) is 5.96 Å². The summed E-state index contributed by atoms with van der Waals surface area (Å²) in [6.07, 6.45) is 2.48. The molecule has 0 aliphatic heterocycles. The molecule has 0 aliphatic carbocycles. The predicted octanol–water partition coefficient (Wildman–Crippen LogP) is 3.29. The second-order valence-corrected chi connectivity index (χ2v) is 5.48. The number of aryl methyl sites for hydroxylation is 1. The maximum atomic E-state index is 12.5. The van der Waals surface area contributed by atoms with E-state index in [4.69, 9.17) is 10.1 Å². The number of nitrogens with zero attached hydrogens (tertiary/aromatic N) is 1. The van der Waals surface area contributed by atoms with Crippen molar-refractivity contribution in [3.8, 4) is 5.75 Å². The van der Waals surface area contributed by atoms with E-state index < -0.39 is 0 Å². The maximum Gasteiger partial charge on any atom is 0.328 e. The molecule has 134 valence electrons. The standard InChI is InChI=1S/C18H30N4O2/c1-6-12-20-17(19)21-18(23)22(5)16-13(7-2)10-11-15(24-9-4)14(16)8-3/h10-11H,6-9,12H2,1-5H3,(H3,19,20,21,23). The van der Waals surface area contributed by atoms with Crippen LogP contribution in [0.1, 0.15) is 45.2 Å². The monoisotopic (exact) mass is 334 g/mol. The number of guanidine groups is 1. The summed E-state index contributed by atoms with van der Waals surface area (Å²) < 4.78 is 5.72. The van der Waals surface area contributed by atoms with Crippen LogP contribution < -0.4 is 20.3 Å². The van der Waals surface area contributed by atoms with Gasteiger partial charge < -0.3 is 10.1 Å². The third kappa shape index (κ3) is 4.88. The van der Waals surface area contributed by atoms with E-state index in [1.54, 1.807) is 11.9 Å². The predicted molar refractivity (Wildman–Crippen MR) is 99.3 cm³/mol. The van der Waals surface area contributed by atoms with E-state index in [1.807, 2.05) is 26.0 Å². The molecule has 0 atom stereocenters. The van der Waals surface area contributed by atoms with Crippen molar-refractivity contribution in [1.82, 2.24) is 10.6 Å². The Balaban J connectivity index is 3.10. The summed E-state index contributed by atoms with van der Waals surface area (Å²) in [5.41, 5.74) is 2.97. The number of carbonyl (C=O) groups is 1. The topological polar surface area (TPSA) is 77.5 Å². The molecule has 1 rings (SSSR count). The SMILES string of the molecule is CCCNC(=N)NC(=O)N(C)c1c(CC)ccc(OCC)c1CC. The summed E-state index contributed by atoms with van der Waals surface area (Å²) in [5, 5.41) is 13.2. The summed E-state index contributed by atoms with van der Waals surface area (Å²) in [6.45, 7) is 9.31. The van der Waals surface area contributed by atoms with Gasteiger partial charge in [-0.2, -0.15) is 0 Å². The van der Waals surface area contributed by atoms with Crippen molar-refractivity contribution < 1.29 is 9.53 Å². The molecule has 0 bridgehead atoms. The normalized spacial score (nSPS) is 10.2. The lowest BCUT2D eigenvalue weighted by atomic mass is 10.0. The van der Waals surface area contributed by atoms with Crippen LogP contribution in [-0.2, 0) is 12.8 Å². The first kappa shape index (κ1) is 19.8. The Morgan fingerprint density at radius 3 is 2.46 bits per heavy atom. The maximum absolute atomic E-state index is 12.5. The number of anilines is 1. The molecule has 0 saturated carbocycles. The molecule has 24 heavy (non-hydrogen) atoms. The van der Waals surface area contributed by atoms with Gasteiger partial charge in [-0.25, -0.2) is 4.79 Å². The summed E-state index contributed by atoms with van der Waals surface area (Å²) in [6, 6.07) is 3.65. The summed E-state index contributed by atoms with van der Waals surface area (Å²) in [5.74, 6) is 0.830. The third-order valence-electron chi connectivity index (χ3n) is 3.78. The first-order chi connectivity index (χ1) is 11.5. The van der Waals surface area contributed by atoms with Crippen molar-refractivity contribution in [3.05, 3.63) is 23.3 Å². The lowest BCUT2D eigenvalue weighted by Gasteiger charge is -2.25. The molecule has 0 aromatic heterocycles. The van der Waals surface area contributed by atoms with Gasteiger partial charge in [-0.1, -0.05) is 26.8 Å². The van der Waals surface area contributed by atoms with Crippen LogP contribution in [0, 0.1) is 5.41 Å². The highest BCUT2D eigenvalue weighted by Crippen LogP contribution is 2.33. The number of nitrogens with one attached hydrogen (secondary N) is 3. The number of ether oxygens (including phenoxy) is 1. The van der Waals surface area contributed by atoms with Crippen molar-refractivity contribution in [2.24, 2.45) is 0 Å². The largest absolute Gasteiger partial charge is 0.494 e. The van der Waals surface area contributed by atoms with Crippen LogP contribution in [-0.4, -0.2) is 32.2 Å². The van der Waals surface area contributed by atoms with Crippen LogP contribution >= 0.6 is 0 Å². The van der Waals surface area contributed by atoms with Gasteiger partial charge in [-0.15, -0.1) is 0 Å². The van der Waals surface area contributed by atoms with Crippen molar-refractivity contribution in [2.75, 3.05) is 25.1 Å². The highest BCUT2D eigenvalue weighted by Gasteiger charge is 2.21. The lowest BCUT2D eigenvalue weighted by Crippen LogP contribution is -2.46. The Bertz CT molecular complexity index is 572. The van der Waals surface area contributed by atoms with Gasteiger partial charge in [0, 0.05) is 19.2 Å². The second kappa shape index (κ2) is 9.80. The van der Waals surface area contributed by atoms with Gasteiger partial charge >= 0.3 is 6.03 Å². The quantitative estimate of drug-likeness (QED) is 0.529. The molecule has 6 heteroatoms. The number of rotatable bonds is 7. The Hall–Kier alpha value is -2.24. The summed E-state index contributed by atoms with van der Waals surface area (Å²) in [4.78, 5) is 14.1. The minimum atomic E-state index is -0.332. The van der Waals surface area contributed by atoms with E-state index in [9.17, 15) is 4.79 Å². The smallest absolute Gasteiger partial charge is 0.328 e. The zero-order chi connectivity index (χ0) is 18.1. The number of urea groups is 1. The molecule has 0 unspecified atom stereocenters. The number of amides is 2. The summed E-state index contributed by atoms with van der Waals surface area (Å²) >= 11 is 0. The molecule has 0 heterocycles. The zero-order valence-corrected chi connectivity index (χ0v) is 15.5. The number of carbonyl (C=O) groups excluding carboxylic acids is 1. The third-order valence-corrected chi connectivity index (χ3v) is 3.78. The second-order valence-electron chi connectivity index (χ2n) is 5.48. The van der Waals surface area contributed by atoms with Crippen LogP contribution in [0.15, 0.2) is 12.1 Å². The molecule has 1 aromatic rings. The molecular weight excluding hydrogens is 304 g/mol. The van der Waals surface area contributed by atoms with E-state index in [1.165, 1.54) is 0 Å². The summed E-state index contributed by atoms with van der Waals surface area (Å²) in [7, 11) is 1.73. The molecule has 0 fully saturated rings. The van der Waals surface area contributed by atoms with Crippen molar-refractivity contribution in [3.63, 3.8) is 0 Å². The Morgan fingerprint density at radius 1 is 1.21 bits per heavy atom. The van der Waals surface area contributed by atoms with Crippen LogP contribution in [0.25, 0.3) is 0 Å². The first-order valence-corrected chi connectivity index (χ1v) is 8.64. The fourth-order valence-corrected chi connectivity index (χ4v) is 2.59. The first-order valence-electron chi connectivity index (χ1n) is 8.64. The van der Waals surface area contributed by atoms with Gasteiger partial charge in [-0.05, 0) is 37.8 Å². The van der Waals surface area contributed by atoms with Crippen molar-refractivity contribution in [1.29, 1.82) is 5.41 Å². The van der Waals surface area contributed by atoms with Gasteiger partial charge in [0.25, 0.3) is 0 Å². The van der Waals surface area contributed by atoms with Gasteiger partial charge in [0.2, 0.25) is 0 Å². The van der Waals surface area contributed by atoms with Gasteiger partial charge in [0.1, 0.15) is 5.75 Å². The molecule has 1 aromatic carbocycles. The van der Waals surface area contributed by atoms with Crippen molar-refractivity contribution >= 4 is 17.7 Å². The fourth-order valence-electron chi connectivity index (χ4n) is 2.59. The number of hydrogen-bond donors (Lipinski definition) is 3. The van der Waals surface area contributed by atoms with Crippen molar-refractivity contribution in [2.45, 2.75) is 47.0 Å². The van der Waals surface area contributed by atoms with Crippen LogP contribution in [0.4, 0.5) is 10.5 Å². The highest BCUT2D eigenvalue weighted by atomic mass is 16.5. The molecule has 2 amide bonds. The highest BCUT2D eigenvalue weighted by molar-refractivity contribution is 6.03. The zero-order valence-electron chi connectivity index (χ0n) is 15.5. The van der Waals surface area contributed by atoms with Gasteiger partial charge in [0.05, 0.1) is 12.3 Å². The number of benzene rings is 1. The van der Waals surface area contributed by atoms with E-state index in [0.717, 1.165) is 41.8 Å². The average molecular weight is 334 g/mol. The molecule has 0 aliphatic rings. The van der Waals surface area contributed by atoms with Gasteiger partial charge in [-0.3, -0.25) is 15.6 Å². The van der Waals surface area contributed by atoms with E-state index in [2.05, 4.69) is 24.5 Å². The number of hydrogen-bond acceptors (Lipinski definition) is 3. The molecule has 0 radical (unpaired) electrons.